The van der Waals surface area contributed by atoms with Crippen LogP contribution in [0.25, 0.3) is 0 Å². The summed E-state index contributed by atoms with van der Waals surface area (Å²) in [6.45, 7) is 0. The number of benzene rings is 1. The van der Waals surface area contributed by atoms with Crippen LogP contribution in [0.4, 0.5) is 4.39 Å². The molecule has 0 unspecified atom stereocenters. The fourth-order valence-electron chi connectivity index (χ4n) is 1.06. The number of carbonyl (C=O) groups is 2. The number of carboxylic acids is 1. The van der Waals surface area contributed by atoms with E-state index in [1.807, 2.05) is 0 Å². The van der Waals surface area contributed by atoms with E-state index in [1.54, 1.807) is 0 Å². The van der Waals surface area contributed by atoms with Crippen molar-refractivity contribution in [1.29, 1.82) is 0 Å². The number of halogens is 1. The third kappa shape index (κ3) is 3.24. The van der Waals surface area contributed by atoms with Crippen LogP contribution in [0.1, 0.15) is 11.1 Å². The van der Waals surface area contributed by atoms with E-state index in [9.17, 15) is 14.0 Å². The van der Waals surface area contributed by atoms with Crippen molar-refractivity contribution in [3.8, 4) is 11.8 Å². The van der Waals surface area contributed by atoms with Gasteiger partial charge in [0, 0.05) is 0 Å². The molecular formula is C11H7FO3. The van der Waals surface area contributed by atoms with Crippen LogP contribution in [-0.4, -0.2) is 17.4 Å². The fourth-order valence-corrected chi connectivity index (χ4v) is 1.06. The number of aldehydes is 1. The molecule has 4 heteroatoms. The van der Waals surface area contributed by atoms with Crippen LogP contribution in [0.2, 0.25) is 0 Å². The molecule has 0 heterocycles. The van der Waals surface area contributed by atoms with Gasteiger partial charge in [-0.3, -0.25) is 9.59 Å². The molecule has 0 aliphatic carbocycles. The molecule has 0 atom stereocenters. The lowest BCUT2D eigenvalue weighted by Gasteiger charge is -1.99. The van der Waals surface area contributed by atoms with Gasteiger partial charge in [-0.2, -0.15) is 0 Å². The third-order valence-corrected chi connectivity index (χ3v) is 1.65. The highest BCUT2D eigenvalue weighted by Gasteiger charge is 2.04. The van der Waals surface area contributed by atoms with Gasteiger partial charge in [-0.1, -0.05) is 12.0 Å². The van der Waals surface area contributed by atoms with Gasteiger partial charge in [0.15, 0.2) is 6.29 Å². The summed E-state index contributed by atoms with van der Waals surface area (Å²) in [6.07, 6.45) is 0.152. The average molecular weight is 206 g/mol. The summed E-state index contributed by atoms with van der Waals surface area (Å²) in [5, 5.41) is 8.52. The second-order valence-electron chi connectivity index (χ2n) is 2.77. The Bertz CT molecular complexity index is 455. The number of carbonyl (C=O) groups excluding carboxylic acids is 1. The highest BCUT2D eigenvalue weighted by Crippen LogP contribution is 2.10. The molecule has 0 saturated carbocycles. The molecule has 1 aromatic rings. The summed E-state index contributed by atoms with van der Waals surface area (Å²) >= 11 is 0. The van der Waals surface area contributed by atoms with Crippen LogP contribution in [-0.2, 0) is 16.0 Å². The van der Waals surface area contributed by atoms with Crippen LogP contribution < -0.4 is 0 Å². The molecule has 76 valence electrons. The lowest BCUT2D eigenvalue weighted by molar-refractivity contribution is -0.136. The fraction of sp³-hybridized carbons (Fsp3) is 0.0909. The standard InChI is InChI=1S/C11H7FO3/c12-10-4-3-8(7-11(14)15)6-9(10)2-1-5-13/h3-6H,7H2,(H,14,15). The zero-order chi connectivity index (χ0) is 11.3. The van der Waals surface area contributed by atoms with Crippen molar-refractivity contribution in [3.63, 3.8) is 0 Å². The van der Waals surface area contributed by atoms with Gasteiger partial charge in [-0.15, -0.1) is 0 Å². The Morgan fingerprint density at radius 1 is 1.53 bits per heavy atom. The number of carboxylic acid groups (broad SMARTS) is 1. The second-order valence-corrected chi connectivity index (χ2v) is 2.77. The third-order valence-electron chi connectivity index (χ3n) is 1.65. The zero-order valence-corrected chi connectivity index (χ0v) is 7.66. The number of hydrogen-bond donors (Lipinski definition) is 1. The van der Waals surface area contributed by atoms with Crippen molar-refractivity contribution in [2.45, 2.75) is 6.42 Å². The maximum absolute atomic E-state index is 13.1. The molecule has 0 spiro atoms. The predicted octanol–water partition coefficient (Wildman–Crippen LogP) is 1.00. The minimum Gasteiger partial charge on any atom is -0.481 e. The maximum atomic E-state index is 13.1. The lowest BCUT2D eigenvalue weighted by atomic mass is 10.1. The van der Waals surface area contributed by atoms with Crippen molar-refractivity contribution < 1.29 is 19.1 Å². The molecule has 0 saturated heterocycles. The molecule has 15 heavy (non-hydrogen) atoms. The normalized spacial score (nSPS) is 8.87. The van der Waals surface area contributed by atoms with E-state index < -0.39 is 11.8 Å². The van der Waals surface area contributed by atoms with E-state index >= 15 is 0 Å². The summed E-state index contributed by atoms with van der Waals surface area (Å²) in [5.41, 5.74) is 0.472. The molecule has 0 bridgehead atoms. The van der Waals surface area contributed by atoms with Gasteiger partial charge in [0.05, 0.1) is 12.0 Å². The van der Waals surface area contributed by atoms with Gasteiger partial charge in [0.25, 0.3) is 0 Å². The highest BCUT2D eigenvalue weighted by molar-refractivity contribution is 5.74. The minimum absolute atomic E-state index is 0.0286. The quantitative estimate of drug-likeness (QED) is 0.580. The minimum atomic E-state index is -1.00. The molecule has 0 amide bonds. The molecule has 0 radical (unpaired) electrons. The van der Waals surface area contributed by atoms with Crippen molar-refractivity contribution >= 4 is 12.3 Å². The summed E-state index contributed by atoms with van der Waals surface area (Å²) in [5.74, 6) is 2.78. The molecule has 0 fully saturated rings. The Balaban J connectivity index is 3.04. The summed E-state index contributed by atoms with van der Waals surface area (Å²) in [7, 11) is 0. The number of rotatable bonds is 2. The van der Waals surface area contributed by atoms with Gasteiger partial charge in [0.1, 0.15) is 5.82 Å². The first-order valence-electron chi connectivity index (χ1n) is 4.09. The zero-order valence-electron chi connectivity index (χ0n) is 7.66. The Hall–Kier alpha value is -2.15. The van der Waals surface area contributed by atoms with Crippen LogP contribution in [0.5, 0.6) is 0 Å². The SMILES string of the molecule is O=CC#Cc1cc(CC(=O)O)ccc1F. The van der Waals surface area contributed by atoms with Gasteiger partial charge in [-0.05, 0) is 23.6 Å². The van der Waals surface area contributed by atoms with Gasteiger partial charge in [0.2, 0.25) is 0 Å². The first-order valence-corrected chi connectivity index (χ1v) is 4.09. The lowest BCUT2D eigenvalue weighted by Crippen LogP contribution is -2.00. The predicted molar refractivity (Wildman–Crippen MR) is 50.7 cm³/mol. The molecule has 0 aliphatic rings. The molecule has 1 rings (SSSR count). The monoisotopic (exact) mass is 206 g/mol. The van der Waals surface area contributed by atoms with Crippen LogP contribution >= 0.6 is 0 Å². The Kier molecular flexibility index (Phi) is 3.58. The van der Waals surface area contributed by atoms with Crippen molar-refractivity contribution in [2.24, 2.45) is 0 Å². The second kappa shape index (κ2) is 4.91. The molecule has 1 aromatic carbocycles. The van der Waals surface area contributed by atoms with Crippen molar-refractivity contribution in [1.82, 2.24) is 0 Å². The molecular weight excluding hydrogens is 199 g/mol. The summed E-state index contributed by atoms with van der Waals surface area (Å²) in [4.78, 5) is 20.4. The van der Waals surface area contributed by atoms with E-state index in [0.29, 0.717) is 11.8 Å². The van der Waals surface area contributed by atoms with Crippen molar-refractivity contribution in [3.05, 3.63) is 35.1 Å². The maximum Gasteiger partial charge on any atom is 0.307 e. The number of hydrogen-bond acceptors (Lipinski definition) is 2. The first kappa shape index (κ1) is 10.9. The summed E-state index contributed by atoms with van der Waals surface area (Å²) in [6, 6.07) is 3.82. The number of aliphatic carboxylic acids is 1. The largest absolute Gasteiger partial charge is 0.481 e. The average Bonchev–Trinajstić information content (AvgIpc) is 2.18. The van der Waals surface area contributed by atoms with E-state index in [-0.39, 0.29) is 12.0 Å². The first-order chi connectivity index (χ1) is 7.13. The van der Waals surface area contributed by atoms with Crippen LogP contribution in [0, 0.1) is 17.7 Å². The molecule has 0 aliphatic heterocycles. The molecule has 0 aromatic heterocycles. The Morgan fingerprint density at radius 3 is 2.87 bits per heavy atom. The van der Waals surface area contributed by atoms with Crippen LogP contribution in [0.15, 0.2) is 18.2 Å². The topological polar surface area (TPSA) is 54.4 Å². The van der Waals surface area contributed by atoms with E-state index in [0.717, 1.165) is 6.07 Å². The van der Waals surface area contributed by atoms with Crippen LogP contribution in [0.3, 0.4) is 0 Å². The molecule has 1 N–H and O–H groups in total. The van der Waals surface area contributed by atoms with Gasteiger partial charge in [-0.25, -0.2) is 4.39 Å². The Labute approximate surface area is 85.5 Å². The van der Waals surface area contributed by atoms with Gasteiger partial charge >= 0.3 is 5.97 Å². The highest BCUT2D eigenvalue weighted by atomic mass is 19.1. The summed E-state index contributed by atoms with van der Waals surface area (Å²) < 4.78 is 13.1. The smallest absolute Gasteiger partial charge is 0.307 e. The van der Waals surface area contributed by atoms with Gasteiger partial charge < -0.3 is 5.11 Å². The molecule has 3 nitrogen and oxygen atoms in total. The van der Waals surface area contributed by atoms with E-state index in [2.05, 4.69) is 11.8 Å². The van der Waals surface area contributed by atoms with E-state index in [1.165, 1.54) is 12.1 Å². The van der Waals surface area contributed by atoms with E-state index in [4.69, 9.17) is 5.11 Å². The Morgan fingerprint density at radius 2 is 2.27 bits per heavy atom. The van der Waals surface area contributed by atoms with Crippen molar-refractivity contribution in [2.75, 3.05) is 0 Å².